The highest BCUT2D eigenvalue weighted by atomic mass is 16.7. The molecule has 0 atom stereocenters. The molecule has 0 saturated carbocycles. The summed E-state index contributed by atoms with van der Waals surface area (Å²) in [5, 5.41) is 9.93. The van der Waals surface area contributed by atoms with Crippen LogP contribution in [0.15, 0.2) is 48.5 Å². The topological polar surface area (TPSA) is 38.7 Å². The minimum absolute atomic E-state index is 0.283. The van der Waals surface area contributed by atoms with Gasteiger partial charge in [0.1, 0.15) is 5.75 Å². The highest BCUT2D eigenvalue weighted by molar-refractivity contribution is 6.62. The van der Waals surface area contributed by atoms with Gasteiger partial charge in [-0.3, -0.25) is 0 Å². The lowest BCUT2D eigenvalue weighted by molar-refractivity contribution is 0.00578. The van der Waals surface area contributed by atoms with E-state index >= 15 is 0 Å². The zero-order valence-corrected chi connectivity index (χ0v) is 15.5. The molecule has 1 saturated heterocycles. The molecule has 2 aromatic carbocycles. The van der Waals surface area contributed by atoms with Crippen LogP contribution in [0, 0.1) is 0 Å². The molecule has 0 aromatic heterocycles. The largest absolute Gasteiger partial charge is 0.507 e. The average Bonchev–Trinajstić information content (AvgIpc) is 2.78. The predicted molar refractivity (Wildman–Crippen MR) is 101 cm³/mol. The molecule has 2 aromatic rings. The normalized spacial score (nSPS) is 18.0. The number of rotatable bonds is 2. The van der Waals surface area contributed by atoms with E-state index in [1.54, 1.807) is 6.07 Å². The first-order valence-electron chi connectivity index (χ1n) is 8.54. The number of phenolic OH excluding ortho intramolecular Hbond substituents is 1. The van der Waals surface area contributed by atoms with Gasteiger partial charge in [0.15, 0.2) is 0 Å². The zero-order valence-electron chi connectivity index (χ0n) is 15.5. The van der Waals surface area contributed by atoms with Crippen molar-refractivity contribution in [2.24, 2.45) is 0 Å². The lowest BCUT2D eigenvalue weighted by Gasteiger charge is -2.32. The number of hydrogen-bond acceptors (Lipinski definition) is 3. The van der Waals surface area contributed by atoms with Crippen molar-refractivity contribution in [2.45, 2.75) is 52.7 Å². The van der Waals surface area contributed by atoms with Gasteiger partial charge >= 0.3 is 7.12 Å². The Morgan fingerprint density at radius 2 is 1.29 bits per heavy atom. The van der Waals surface area contributed by atoms with E-state index in [2.05, 4.69) is 0 Å². The van der Waals surface area contributed by atoms with Crippen molar-refractivity contribution < 1.29 is 14.4 Å². The molecule has 1 fully saturated rings. The Morgan fingerprint density at radius 1 is 0.792 bits per heavy atom. The van der Waals surface area contributed by atoms with Crippen LogP contribution in [-0.2, 0) is 9.31 Å². The molecular weight excluding hydrogens is 299 g/mol. The minimum Gasteiger partial charge on any atom is -0.507 e. The molecule has 0 unspecified atom stereocenters. The van der Waals surface area contributed by atoms with E-state index in [-0.39, 0.29) is 24.1 Å². The molecule has 1 aliphatic heterocycles. The molecule has 0 radical (unpaired) electrons. The number of aromatic hydroxyl groups is 1. The lowest BCUT2D eigenvalue weighted by Crippen LogP contribution is -2.41. The third-order valence-corrected chi connectivity index (χ3v) is 4.65. The zero-order chi connectivity index (χ0) is 18.0. The number of phenols is 1. The summed E-state index contributed by atoms with van der Waals surface area (Å²) in [5.74, 6) is 0.283. The van der Waals surface area contributed by atoms with E-state index < -0.39 is 0 Å². The fraction of sp³-hybridized carbons (Fsp3) is 0.400. The standard InChI is InChI=1S/C18H21BO3.C2H6/c1-17(2)18(3,4)22-19(21-17)14-11-9-13(10-12-14)15-7-5-6-8-16(15)20;1-2/h5-12,20H,1-4H3;1-2H3. The van der Waals surface area contributed by atoms with E-state index in [0.717, 1.165) is 16.6 Å². The Morgan fingerprint density at radius 3 is 1.79 bits per heavy atom. The second kappa shape index (κ2) is 7.00. The van der Waals surface area contributed by atoms with Gasteiger partial charge in [-0.05, 0) is 44.8 Å². The molecule has 0 aliphatic carbocycles. The van der Waals surface area contributed by atoms with E-state index in [0.29, 0.717) is 0 Å². The first-order chi connectivity index (χ1) is 11.3. The molecule has 0 amide bonds. The highest BCUT2D eigenvalue weighted by Crippen LogP contribution is 2.36. The molecule has 128 valence electrons. The maximum Gasteiger partial charge on any atom is 0.494 e. The van der Waals surface area contributed by atoms with Crippen LogP contribution in [-0.4, -0.2) is 23.4 Å². The van der Waals surface area contributed by atoms with Gasteiger partial charge in [0.2, 0.25) is 0 Å². The quantitative estimate of drug-likeness (QED) is 0.832. The summed E-state index contributed by atoms with van der Waals surface area (Å²) in [7, 11) is -0.358. The van der Waals surface area contributed by atoms with Crippen molar-refractivity contribution in [3.63, 3.8) is 0 Å². The molecule has 3 rings (SSSR count). The summed E-state index contributed by atoms with van der Waals surface area (Å²) in [6.45, 7) is 12.2. The Labute approximate surface area is 145 Å². The lowest BCUT2D eigenvalue weighted by atomic mass is 9.78. The van der Waals surface area contributed by atoms with Crippen molar-refractivity contribution >= 4 is 12.6 Å². The molecule has 1 N–H and O–H groups in total. The van der Waals surface area contributed by atoms with Crippen molar-refractivity contribution in [1.82, 2.24) is 0 Å². The Bertz CT molecular complexity index is 662. The van der Waals surface area contributed by atoms with Crippen LogP contribution >= 0.6 is 0 Å². The maximum atomic E-state index is 9.93. The molecule has 1 heterocycles. The van der Waals surface area contributed by atoms with Gasteiger partial charge < -0.3 is 14.4 Å². The molecule has 0 spiro atoms. The number of para-hydroxylation sites is 1. The molecular formula is C20H27BO3. The summed E-state index contributed by atoms with van der Waals surface area (Å²) in [6, 6.07) is 15.3. The summed E-state index contributed by atoms with van der Waals surface area (Å²) in [5.41, 5.74) is 2.10. The van der Waals surface area contributed by atoms with E-state index in [1.807, 2.05) is 84.0 Å². The van der Waals surface area contributed by atoms with Gasteiger partial charge in [-0.1, -0.05) is 56.3 Å². The Balaban J connectivity index is 0.00000100. The summed E-state index contributed by atoms with van der Waals surface area (Å²) in [6.07, 6.45) is 0. The molecule has 4 heteroatoms. The van der Waals surface area contributed by atoms with Crippen LogP contribution in [0.2, 0.25) is 0 Å². The van der Waals surface area contributed by atoms with Gasteiger partial charge in [-0.2, -0.15) is 0 Å². The van der Waals surface area contributed by atoms with E-state index in [4.69, 9.17) is 9.31 Å². The van der Waals surface area contributed by atoms with Crippen LogP contribution in [0.25, 0.3) is 11.1 Å². The van der Waals surface area contributed by atoms with Crippen molar-refractivity contribution in [1.29, 1.82) is 0 Å². The van der Waals surface area contributed by atoms with Crippen LogP contribution in [0.4, 0.5) is 0 Å². The Hall–Kier alpha value is -1.78. The highest BCUT2D eigenvalue weighted by Gasteiger charge is 2.51. The van der Waals surface area contributed by atoms with Crippen molar-refractivity contribution in [3.05, 3.63) is 48.5 Å². The SMILES string of the molecule is CC.CC1(C)OB(c2ccc(-c3ccccc3O)cc2)OC1(C)C. The van der Waals surface area contributed by atoms with Gasteiger partial charge in [-0.25, -0.2) is 0 Å². The first kappa shape index (κ1) is 18.6. The third-order valence-electron chi connectivity index (χ3n) is 4.65. The number of benzene rings is 2. The van der Waals surface area contributed by atoms with Gasteiger partial charge in [0, 0.05) is 5.56 Å². The van der Waals surface area contributed by atoms with Crippen LogP contribution in [0.3, 0.4) is 0 Å². The Kier molecular flexibility index (Phi) is 5.41. The van der Waals surface area contributed by atoms with Crippen LogP contribution < -0.4 is 5.46 Å². The van der Waals surface area contributed by atoms with Crippen molar-refractivity contribution in [2.75, 3.05) is 0 Å². The molecule has 24 heavy (non-hydrogen) atoms. The molecule has 0 bridgehead atoms. The summed E-state index contributed by atoms with van der Waals surface area (Å²) >= 11 is 0. The van der Waals surface area contributed by atoms with Gasteiger partial charge in [0.25, 0.3) is 0 Å². The maximum absolute atomic E-state index is 9.93. The second-order valence-corrected chi connectivity index (χ2v) is 6.73. The van der Waals surface area contributed by atoms with Crippen LogP contribution in [0.5, 0.6) is 5.75 Å². The monoisotopic (exact) mass is 326 g/mol. The fourth-order valence-electron chi connectivity index (χ4n) is 2.52. The third kappa shape index (κ3) is 3.50. The van der Waals surface area contributed by atoms with E-state index in [9.17, 15) is 5.11 Å². The second-order valence-electron chi connectivity index (χ2n) is 6.73. The minimum atomic E-state index is -0.358. The molecule has 1 aliphatic rings. The summed E-state index contributed by atoms with van der Waals surface area (Å²) in [4.78, 5) is 0. The van der Waals surface area contributed by atoms with Gasteiger partial charge in [0.05, 0.1) is 11.2 Å². The average molecular weight is 326 g/mol. The predicted octanol–water partition coefficient (Wildman–Crippen LogP) is 4.38. The smallest absolute Gasteiger partial charge is 0.494 e. The van der Waals surface area contributed by atoms with Crippen LogP contribution in [0.1, 0.15) is 41.5 Å². The van der Waals surface area contributed by atoms with Gasteiger partial charge in [-0.15, -0.1) is 0 Å². The molecule has 3 nitrogen and oxygen atoms in total. The number of hydrogen-bond donors (Lipinski definition) is 1. The summed E-state index contributed by atoms with van der Waals surface area (Å²) < 4.78 is 12.1. The van der Waals surface area contributed by atoms with E-state index in [1.165, 1.54) is 0 Å². The first-order valence-corrected chi connectivity index (χ1v) is 8.54. The van der Waals surface area contributed by atoms with Crippen molar-refractivity contribution in [3.8, 4) is 16.9 Å². The fourth-order valence-corrected chi connectivity index (χ4v) is 2.52.